The second-order valence-corrected chi connectivity index (χ2v) is 5.17. The van der Waals surface area contributed by atoms with Crippen molar-refractivity contribution >= 4 is 16.0 Å². The van der Waals surface area contributed by atoms with E-state index in [1.165, 1.54) is 11.4 Å². The van der Waals surface area contributed by atoms with Crippen molar-refractivity contribution in [3.63, 3.8) is 0 Å². The molecular weight excluding hydrogens is 218 g/mol. The Morgan fingerprint density at radius 1 is 1.27 bits per heavy atom. The highest BCUT2D eigenvalue weighted by Crippen LogP contribution is 2.04. The molecule has 0 aromatic rings. The zero-order valence-electron chi connectivity index (χ0n) is 9.52. The molecule has 0 N–H and O–H groups in total. The van der Waals surface area contributed by atoms with Crippen molar-refractivity contribution in [3.05, 3.63) is 0 Å². The van der Waals surface area contributed by atoms with E-state index in [4.69, 9.17) is 0 Å². The van der Waals surface area contributed by atoms with Crippen LogP contribution in [-0.2, 0) is 19.6 Å². The van der Waals surface area contributed by atoms with E-state index >= 15 is 0 Å². The zero-order valence-corrected chi connectivity index (χ0v) is 10.3. The van der Waals surface area contributed by atoms with E-state index in [0.717, 1.165) is 0 Å². The van der Waals surface area contributed by atoms with Gasteiger partial charge < -0.3 is 4.74 Å². The highest BCUT2D eigenvalue weighted by molar-refractivity contribution is 7.89. The number of carbonyl (C=O) groups excluding carboxylic acids is 1. The highest BCUT2D eigenvalue weighted by Gasteiger charge is 2.18. The summed E-state index contributed by atoms with van der Waals surface area (Å²) in [7, 11) is -1.91. The molecule has 0 heterocycles. The van der Waals surface area contributed by atoms with Crippen molar-refractivity contribution in [1.29, 1.82) is 0 Å². The Kier molecular flexibility index (Phi) is 6.51. The van der Waals surface area contributed by atoms with E-state index in [-0.39, 0.29) is 18.1 Å². The van der Waals surface area contributed by atoms with Crippen LogP contribution in [0.25, 0.3) is 0 Å². The lowest BCUT2D eigenvalue weighted by Crippen LogP contribution is -2.32. The summed E-state index contributed by atoms with van der Waals surface area (Å²) < 4.78 is 29.1. The minimum absolute atomic E-state index is 0.00375. The summed E-state index contributed by atoms with van der Waals surface area (Å²) in [5.74, 6) is -0.367. The monoisotopic (exact) mass is 237 g/mol. The number of carbonyl (C=O) groups is 1. The number of methoxy groups -OCH3 is 1. The molecule has 5 nitrogen and oxygen atoms in total. The van der Waals surface area contributed by atoms with Gasteiger partial charge in [-0.15, -0.1) is 0 Å². The highest BCUT2D eigenvalue weighted by atomic mass is 32.2. The van der Waals surface area contributed by atoms with Gasteiger partial charge in [0.15, 0.2) is 0 Å². The summed E-state index contributed by atoms with van der Waals surface area (Å²) in [4.78, 5) is 10.8. The van der Waals surface area contributed by atoms with Crippen LogP contribution in [0.15, 0.2) is 0 Å². The van der Waals surface area contributed by atoms with Gasteiger partial charge in [0.1, 0.15) is 0 Å². The van der Waals surface area contributed by atoms with Gasteiger partial charge in [-0.2, -0.15) is 0 Å². The topological polar surface area (TPSA) is 63.7 Å². The van der Waals surface area contributed by atoms with E-state index in [9.17, 15) is 13.2 Å². The lowest BCUT2D eigenvalue weighted by molar-refractivity contribution is -0.140. The number of nitrogens with zero attached hydrogens (tertiary/aromatic N) is 1. The third-order valence-electron chi connectivity index (χ3n) is 2.11. The van der Waals surface area contributed by atoms with Crippen molar-refractivity contribution in [1.82, 2.24) is 4.31 Å². The molecule has 90 valence electrons. The molecule has 0 aromatic heterocycles. The number of sulfonamides is 1. The normalized spacial score (nSPS) is 11.7. The first-order valence-corrected chi connectivity index (χ1v) is 6.63. The maximum Gasteiger partial charge on any atom is 0.305 e. The third kappa shape index (κ3) is 5.13. The van der Waals surface area contributed by atoms with Crippen molar-refractivity contribution in [2.24, 2.45) is 0 Å². The Morgan fingerprint density at radius 3 is 2.20 bits per heavy atom. The lowest BCUT2D eigenvalue weighted by Gasteiger charge is -2.17. The van der Waals surface area contributed by atoms with E-state index in [1.807, 2.05) is 0 Å². The van der Waals surface area contributed by atoms with Gasteiger partial charge in [0.25, 0.3) is 0 Å². The van der Waals surface area contributed by atoms with Crippen molar-refractivity contribution in [2.45, 2.75) is 26.7 Å². The zero-order chi connectivity index (χ0) is 11.9. The second-order valence-electron chi connectivity index (χ2n) is 3.08. The van der Waals surface area contributed by atoms with Gasteiger partial charge in [-0.25, -0.2) is 12.7 Å². The van der Waals surface area contributed by atoms with Crippen LogP contribution < -0.4 is 0 Å². The average Bonchev–Trinajstić information content (AvgIpc) is 2.18. The summed E-state index contributed by atoms with van der Waals surface area (Å²) in [5, 5.41) is 0. The van der Waals surface area contributed by atoms with Crippen molar-refractivity contribution < 1.29 is 17.9 Å². The van der Waals surface area contributed by atoms with Crippen LogP contribution >= 0.6 is 0 Å². The quantitative estimate of drug-likeness (QED) is 0.609. The SMILES string of the molecule is CCN(CC)S(=O)(=O)CCCC(=O)OC. The largest absolute Gasteiger partial charge is 0.469 e. The van der Waals surface area contributed by atoms with Crippen LogP contribution in [-0.4, -0.2) is 44.6 Å². The fourth-order valence-electron chi connectivity index (χ4n) is 1.25. The Balaban J connectivity index is 4.10. The fourth-order valence-corrected chi connectivity index (χ4v) is 2.80. The lowest BCUT2D eigenvalue weighted by atomic mass is 10.3. The number of hydrogen-bond donors (Lipinski definition) is 0. The van der Waals surface area contributed by atoms with Gasteiger partial charge in [0.2, 0.25) is 10.0 Å². The second kappa shape index (κ2) is 6.79. The molecule has 0 aromatic carbocycles. The summed E-state index contributed by atoms with van der Waals surface area (Å²) >= 11 is 0. The number of ether oxygens (including phenoxy) is 1. The minimum Gasteiger partial charge on any atom is -0.469 e. The van der Waals surface area contributed by atoms with E-state index in [2.05, 4.69) is 4.74 Å². The fraction of sp³-hybridized carbons (Fsp3) is 0.889. The average molecular weight is 237 g/mol. The predicted molar refractivity (Wildman–Crippen MR) is 58.0 cm³/mol. The molecule has 0 aliphatic rings. The Hall–Kier alpha value is -0.620. The molecule has 0 amide bonds. The molecule has 0 bridgehead atoms. The molecule has 0 aliphatic heterocycles. The van der Waals surface area contributed by atoms with Gasteiger partial charge in [0, 0.05) is 19.5 Å². The van der Waals surface area contributed by atoms with Gasteiger partial charge in [0.05, 0.1) is 12.9 Å². The Bertz CT molecular complexity index is 282. The summed E-state index contributed by atoms with van der Waals surface area (Å²) in [6.45, 7) is 4.52. The van der Waals surface area contributed by atoms with Gasteiger partial charge in [-0.3, -0.25) is 4.79 Å². The van der Waals surface area contributed by atoms with Crippen LogP contribution in [0.2, 0.25) is 0 Å². The molecule has 0 rings (SSSR count). The molecular formula is C9H19NO4S. The molecule has 6 heteroatoms. The molecule has 0 fully saturated rings. The first-order valence-electron chi connectivity index (χ1n) is 5.02. The third-order valence-corrected chi connectivity index (χ3v) is 4.22. The minimum atomic E-state index is -3.20. The molecule has 15 heavy (non-hydrogen) atoms. The van der Waals surface area contributed by atoms with Crippen molar-refractivity contribution in [3.8, 4) is 0 Å². The van der Waals surface area contributed by atoms with Crippen LogP contribution in [0.4, 0.5) is 0 Å². The van der Waals surface area contributed by atoms with Crippen LogP contribution in [0.3, 0.4) is 0 Å². The van der Waals surface area contributed by atoms with E-state index < -0.39 is 10.0 Å². The van der Waals surface area contributed by atoms with Gasteiger partial charge in [-0.1, -0.05) is 13.8 Å². The Labute approximate surface area is 91.5 Å². The molecule has 0 aliphatic carbocycles. The number of hydrogen-bond acceptors (Lipinski definition) is 4. The standard InChI is InChI=1S/C9H19NO4S/c1-4-10(5-2)15(12,13)8-6-7-9(11)14-3/h4-8H2,1-3H3. The summed E-state index contributed by atoms with van der Waals surface area (Å²) in [5.41, 5.74) is 0. The van der Waals surface area contributed by atoms with E-state index in [0.29, 0.717) is 19.5 Å². The smallest absolute Gasteiger partial charge is 0.305 e. The first kappa shape index (κ1) is 14.4. The maximum atomic E-state index is 11.6. The number of esters is 1. The van der Waals surface area contributed by atoms with E-state index in [1.54, 1.807) is 13.8 Å². The van der Waals surface area contributed by atoms with Crippen LogP contribution in [0.1, 0.15) is 26.7 Å². The van der Waals surface area contributed by atoms with Crippen molar-refractivity contribution in [2.75, 3.05) is 26.0 Å². The molecule has 0 saturated heterocycles. The molecule has 0 saturated carbocycles. The molecule has 0 radical (unpaired) electrons. The first-order chi connectivity index (χ1) is 6.97. The summed E-state index contributed by atoms with van der Waals surface area (Å²) in [6, 6.07) is 0. The van der Waals surface area contributed by atoms with Crippen LogP contribution in [0, 0.1) is 0 Å². The van der Waals surface area contributed by atoms with Gasteiger partial charge >= 0.3 is 5.97 Å². The molecule has 0 spiro atoms. The molecule has 0 atom stereocenters. The Morgan fingerprint density at radius 2 is 1.80 bits per heavy atom. The van der Waals surface area contributed by atoms with Crippen LogP contribution in [0.5, 0.6) is 0 Å². The van der Waals surface area contributed by atoms with Gasteiger partial charge in [-0.05, 0) is 6.42 Å². The summed E-state index contributed by atoms with van der Waals surface area (Å²) in [6.07, 6.45) is 0.461. The predicted octanol–water partition coefficient (Wildman–Crippen LogP) is 0.611. The molecule has 0 unspecified atom stereocenters. The number of rotatable bonds is 7. The maximum absolute atomic E-state index is 11.6.